The Morgan fingerprint density at radius 3 is 2.50 bits per heavy atom. The lowest BCUT2D eigenvalue weighted by Gasteiger charge is -2.48. The summed E-state index contributed by atoms with van der Waals surface area (Å²) < 4.78 is 60.9. The number of aliphatic hydroxyl groups excluding tert-OH is 1. The first-order valence-electron chi connectivity index (χ1n) is 9.03. The highest BCUT2D eigenvalue weighted by Crippen LogP contribution is 2.57. The lowest BCUT2D eigenvalue weighted by Crippen LogP contribution is -2.52. The van der Waals surface area contributed by atoms with Crippen LogP contribution in [0.25, 0.3) is 0 Å². The predicted octanol–water partition coefficient (Wildman–Crippen LogP) is 4.09. The lowest BCUT2D eigenvalue weighted by atomic mass is 9.69. The van der Waals surface area contributed by atoms with Crippen molar-refractivity contribution in [3.63, 3.8) is 0 Å². The minimum Gasteiger partial charge on any atom is -0.490 e. The van der Waals surface area contributed by atoms with E-state index in [2.05, 4.69) is 0 Å². The number of sulfone groups is 1. The second kappa shape index (κ2) is 6.97. The first-order valence-corrected chi connectivity index (χ1v) is 10.9. The number of rotatable bonds is 3. The van der Waals surface area contributed by atoms with Gasteiger partial charge in [0.25, 0.3) is 0 Å². The van der Waals surface area contributed by atoms with Gasteiger partial charge in [-0.2, -0.15) is 0 Å². The zero-order valence-electron chi connectivity index (χ0n) is 14.9. The molecule has 0 spiro atoms. The smallest absolute Gasteiger partial charge is 0.188 e. The quantitative estimate of drug-likeness (QED) is 0.799. The summed E-state index contributed by atoms with van der Waals surface area (Å²) in [5.41, 5.74) is -0.241. The first kappa shape index (κ1) is 19.6. The van der Waals surface area contributed by atoms with Crippen molar-refractivity contribution in [2.45, 2.75) is 28.9 Å². The van der Waals surface area contributed by atoms with Crippen molar-refractivity contribution >= 4 is 21.4 Å². The van der Waals surface area contributed by atoms with Crippen LogP contribution >= 0.6 is 11.6 Å². The van der Waals surface area contributed by atoms with Crippen LogP contribution in [0.5, 0.6) is 5.75 Å². The maximum atomic E-state index is 15.0. The van der Waals surface area contributed by atoms with E-state index in [1.807, 2.05) is 0 Å². The fraction of sp³-hybridized carbons (Fsp3) is 0.400. The molecule has 150 valence electrons. The van der Waals surface area contributed by atoms with E-state index in [9.17, 15) is 22.3 Å². The zero-order valence-corrected chi connectivity index (χ0v) is 16.4. The van der Waals surface area contributed by atoms with E-state index in [1.54, 1.807) is 0 Å². The summed E-state index contributed by atoms with van der Waals surface area (Å²) in [5, 5.41) is 9.95. The van der Waals surface area contributed by atoms with Crippen LogP contribution in [0.4, 0.5) is 8.78 Å². The Labute approximate surface area is 167 Å². The van der Waals surface area contributed by atoms with Crippen molar-refractivity contribution < 1.29 is 27.0 Å². The highest BCUT2D eigenvalue weighted by atomic mass is 35.5. The van der Waals surface area contributed by atoms with Gasteiger partial charge in [0.05, 0.1) is 17.1 Å². The highest BCUT2D eigenvalue weighted by Gasteiger charge is 2.59. The summed E-state index contributed by atoms with van der Waals surface area (Å²) >= 11 is 5.90. The molecule has 1 aliphatic carbocycles. The van der Waals surface area contributed by atoms with Gasteiger partial charge in [-0.15, -0.1) is 0 Å². The van der Waals surface area contributed by atoms with Crippen molar-refractivity contribution in [2.75, 3.05) is 13.2 Å². The number of ether oxygens (including phenoxy) is 1. The van der Waals surface area contributed by atoms with E-state index in [4.69, 9.17) is 16.3 Å². The number of halogens is 3. The van der Waals surface area contributed by atoms with E-state index in [1.165, 1.54) is 24.3 Å². The van der Waals surface area contributed by atoms with Crippen molar-refractivity contribution in [3.05, 3.63) is 58.6 Å². The molecule has 2 aromatic carbocycles. The average Bonchev–Trinajstić information content (AvgIpc) is 2.69. The van der Waals surface area contributed by atoms with Gasteiger partial charge in [-0.25, -0.2) is 17.2 Å². The van der Waals surface area contributed by atoms with Gasteiger partial charge in [0.2, 0.25) is 0 Å². The lowest BCUT2D eigenvalue weighted by molar-refractivity contribution is 0.0744. The van der Waals surface area contributed by atoms with Crippen molar-refractivity contribution in [1.82, 2.24) is 0 Å². The molecule has 0 aromatic heterocycles. The van der Waals surface area contributed by atoms with Crippen LogP contribution in [-0.4, -0.2) is 26.7 Å². The third kappa shape index (κ3) is 2.75. The summed E-state index contributed by atoms with van der Waals surface area (Å²) in [6.45, 7) is -0.150. The monoisotopic (exact) mass is 428 g/mol. The Morgan fingerprint density at radius 1 is 1.14 bits per heavy atom. The van der Waals surface area contributed by atoms with E-state index in [0.29, 0.717) is 17.9 Å². The highest BCUT2D eigenvalue weighted by molar-refractivity contribution is 7.92. The topological polar surface area (TPSA) is 63.6 Å². The number of hydrogen-bond acceptors (Lipinski definition) is 4. The van der Waals surface area contributed by atoms with Gasteiger partial charge in [0, 0.05) is 17.5 Å². The van der Waals surface area contributed by atoms with Crippen LogP contribution in [0.3, 0.4) is 0 Å². The second-order valence-electron chi connectivity index (χ2n) is 7.41. The third-order valence-corrected chi connectivity index (χ3v) is 8.82. The maximum absolute atomic E-state index is 15.0. The standard InChI is InChI=1S/C20H19ClF2O4S/c21-14-1-3-15(4-2-14)28(25,26)20-8-7-12(10-24)9-13(20)11-27-19-17(23)6-5-16(22)18(19)20/h1-6,12-13,24H,7-11H2/t12-,13-,20+/m0/s1. The van der Waals surface area contributed by atoms with Gasteiger partial charge >= 0.3 is 0 Å². The molecule has 1 fully saturated rings. The molecule has 0 bridgehead atoms. The number of aliphatic hydroxyl groups is 1. The SMILES string of the molecule is O=S(=O)(c1ccc(Cl)cc1)[C@]12CC[C@H](CO)C[C@H]1COc1c(F)ccc(F)c12. The molecule has 2 aromatic rings. The minimum atomic E-state index is -4.11. The van der Waals surface area contributed by atoms with E-state index < -0.39 is 32.1 Å². The first-order chi connectivity index (χ1) is 13.3. The molecule has 0 unspecified atom stereocenters. The molecule has 0 radical (unpaired) electrons. The zero-order chi connectivity index (χ0) is 20.1. The molecule has 1 N–H and O–H groups in total. The molecule has 4 nitrogen and oxygen atoms in total. The summed E-state index contributed by atoms with van der Waals surface area (Å²) in [6.07, 6.45) is 0.804. The summed E-state index contributed by atoms with van der Waals surface area (Å²) in [7, 11) is -4.11. The molecule has 28 heavy (non-hydrogen) atoms. The number of fused-ring (bicyclic) bond motifs is 3. The van der Waals surface area contributed by atoms with Crippen LogP contribution in [0.1, 0.15) is 24.8 Å². The molecule has 1 heterocycles. The summed E-state index contributed by atoms with van der Waals surface area (Å²) in [6, 6.07) is 7.57. The summed E-state index contributed by atoms with van der Waals surface area (Å²) in [4.78, 5) is 0.000796. The van der Waals surface area contributed by atoms with Gasteiger partial charge in [0.1, 0.15) is 10.6 Å². The van der Waals surface area contributed by atoms with Gasteiger partial charge in [-0.3, -0.25) is 0 Å². The molecule has 3 atom stereocenters. The van der Waals surface area contributed by atoms with Crippen molar-refractivity contribution in [2.24, 2.45) is 11.8 Å². The van der Waals surface area contributed by atoms with E-state index >= 15 is 0 Å². The minimum absolute atomic E-state index is 0.000796. The second-order valence-corrected chi connectivity index (χ2v) is 10.1. The maximum Gasteiger partial charge on any atom is 0.188 e. The average molecular weight is 429 g/mol. The van der Waals surface area contributed by atoms with Crippen molar-refractivity contribution in [1.29, 1.82) is 0 Å². The van der Waals surface area contributed by atoms with E-state index in [-0.39, 0.29) is 41.8 Å². The Balaban J connectivity index is 1.99. The largest absolute Gasteiger partial charge is 0.490 e. The normalized spacial score (nSPS) is 26.9. The molecule has 8 heteroatoms. The Kier molecular flexibility index (Phi) is 4.88. The molecule has 1 saturated carbocycles. The van der Waals surface area contributed by atoms with Crippen LogP contribution in [0.2, 0.25) is 5.02 Å². The van der Waals surface area contributed by atoms with Crippen LogP contribution in [0, 0.1) is 23.5 Å². The van der Waals surface area contributed by atoms with Crippen LogP contribution in [0.15, 0.2) is 41.3 Å². The molecule has 1 aliphatic heterocycles. The number of hydrogen-bond donors (Lipinski definition) is 1. The third-order valence-electron chi connectivity index (χ3n) is 5.97. The van der Waals surface area contributed by atoms with Crippen LogP contribution < -0.4 is 4.74 Å². The molecule has 4 rings (SSSR count). The van der Waals surface area contributed by atoms with E-state index in [0.717, 1.165) is 12.1 Å². The number of benzene rings is 2. The fourth-order valence-electron chi connectivity index (χ4n) is 4.60. The predicted molar refractivity (Wildman–Crippen MR) is 100 cm³/mol. The molecule has 0 amide bonds. The Bertz CT molecular complexity index is 1010. The van der Waals surface area contributed by atoms with Gasteiger partial charge in [0.15, 0.2) is 21.4 Å². The fourth-order valence-corrected chi connectivity index (χ4v) is 7.09. The molecular formula is C20H19ClF2O4S. The summed E-state index contributed by atoms with van der Waals surface area (Å²) in [5.74, 6) is -2.65. The Morgan fingerprint density at radius 2 is 1.82 bits per heavy atom. The van der Waals surface area contributed by atoms with Gasteiger partial charge in [-0.1, -0.05) is 11.6 Å². The molecule has 0 saturated heterocycles. The van der Waals surface area contributed by atoms with Crippen LogP contribution in [-0.2, 0) is 14.6 Å². The molecule has 2 aliphatic rings. The van der Waals surface area contributed by atoms with Gasteiger partial charge in [-0.05, 0) is 61.6 Å². The molecular weight excluding hydrogens is 410 g/mol. The van der Waals surface area contributed by atoms with Gasteiger partial charge < -0.3 is 9.84 Å². The van der Waals surface area contributed by atoms with Crippen molar-refractivity contribution in [3.8, 4) is 5.75 Å². The Hall–Kier alpha value is -1.70.